The van der Waals surface area contributed by atoms with E-state index in [1.54, 1.807) is 4.90 Å². The number of rotatable bonds is 4. The predicted octanol–water partition coefficient (Wildman–Crippen LogP) is 2.07. The summed E-state index contributed by atoms with van der Waals surface area (Å²) in [5, 5.41) is 9.61. The molecule has 140 valence electrons. The van der Waals surface area contributed by atoms with Gasteiger partial charge in [0.25, 0.3) is 0 Å². The second kappa shape index (κ2) is 6.65. The van der Waals surface area contributed by atoms with Gasteiger partial charge >= 0.3 is 5.97 Å². The molecule has 2 saturated heterocycles. The fourth-order valence-corrected chi connectivity index (χ4v) is 4.54. The summed E-state index contributed by atoms with van der Waals surface area (Å²) in [6.07, 6.45) is 4.36. The summed E-state index contributed by atoms with van der Waals surface area (Å²) in [7, 11) is 0. The molecule has 1 amide bonds. The Labute approximate surface area is 154 Å². The molecule has 0 unspecified atom stereocenters. The highest BCUT2D eigenvalue weighted by Crippen LogP contribution is 2.45. The number of likely N-dealkylation sites (tertiary alicyclic amines) is 2. The number of carbonyl (C=O) groups is 2. The van der Waals surface area contributed by atoms with Crippen LogP contribution in [0.3, 0.4) is 0 Å². The molecule has 6 nitrogen and oxygen atoms in total. The van der Waals surface area contributed by atoms with Crippen LogP contribution in [0.5, 0.6) is 0 Å². The molecule has 3 aliphatic rings. The Morgan fingerprint density at radius 1 is 1.27 bits per heavy atom. The second-order valence-electron chi connectivity index (χ2n) is 8.35. The first kappa shape index (κ1) is 17.5. The minimum absolute atomic E-state index is 0.0237. The summed E-state index contributed by atoms with van der Waals surface area (Å²) in [6.45, 7) is 5.34. The van der Waals surface area contributed by atoms with Gasteiger partial charge in [0, 0.05) is 24.7 Å². The molecular weight excluding hydrogens is 330 g/mol. The van der Waals surface area contributed by atoms with E-state index in [0.717, 1.165) is 56.7 Å². The van der Waals surface area contributed by atoms with E-state index in [1.165, 1.54) is 0 Å². The average molecular weight is 357 g/mol. The molecule has 1 aromatic heterocycles. The molecule has 3 fully saturated rings. The molecule has 0 radical (unpaired) electrons. The first-order valence-corrected chi connectivity index (χ1v) is 9.64. The fraction of sp³-hybridized carbons (Fsp3) is 0.650. The topological polar surface area (TPSA) is 73.7 Å². The summed E-state index contributed by atoms with van der Waals surface area (Å²) in [5.74, 6) is -0.692. The Balaban J connectivity index is 1.39. The number of hydrogen-bond donors (Lipinski definition) is 1. The highest BCUT2D eigenvalue weighted by atomic mass is 16.4. The van der Waals surface area contributed by atoms with Crippen molar-refractivity contribution in [1.29, 1.82) is 0 Å². The molecule has 4 rings (SSSR count). The standard InChI is InChI=1S/C20H27N3O3/c1-14-3-2-4-16(21-14)12-22-9-7-20(8-10-22)11-17(19(25)26)23(13-20)18(24)15-5-6-15/h2-4,15,17H,5-13H2,1H3,(H,25,26)/t17-/m0/s1. The predicted molar refractivity (Wildman–Crippen MR) is 96.4 cm³/mol. The minimum Gasteiger partial charge on any atom is -0.480 e. The number of carboxylic acids is 1. The summed E-state index contributed by atoms with van der Waals surface area (Å²) in [5.41, 5.74) is 2.09. The molecule has 1 saturated carbocycles. The monoisotopic (exact) mass is 357 g/mol. The van der Waals surface area contributed by atoms with E-state index >= 15 is 0 Å². The number of aliphatic carboxylic acids is 1. The zero-order valence-corrected chi connectivity index (χ0v) is 15.4. The van der Waals surface area contributed by atoms with Gasteiger partial charge < -0.3 is 10.0 Å². The van der Waals surface area contributed by atoms with Gasteiger partial charge in [0.05, 0.1) is 5.69 Å². The maximum Gasteiger partial charge on any atom is 0.326 e. The number of pyridine rings is 1. The van der Waals surface area contributed by atoms with Gasteiger partial charge in [-0.15, -0.1) is 0 Å². The van der Waals surface area contributed by atoms with Gasteiger partial charge in [-0.05, 0) is 69.7 Å². The number of nitrogens with zero attached hydrogens (tertiary/aromatic N) is 3. The van der Waals surface area contributed by atoms with Crippen molar-refractivity contribution in [2.24, 2.45) is 11.3 Å². The van der Waals surface area contributed by atoms with Crippen LogP contribution in [-0.4, -0.2) is 57.4 Å². The van der Waals surface area contributed by atoms with Crippen molar-refractivity contribution in [1.82, 2.24) is 14.8 Å². The van der Waals surface area contributed by atoms with Crippen molar-refractivity contribution in [3.63, 3.8) is 0 Å². The van der Waals surface area contributed by atoms with Crippen molar-refractivity contribution in [3.05, 3.63) is 29.6 Å². The third kappa shape index (κ3) is 3.47. The van der Waals surface area contributed by atoms with Crippen LogP contribution in [0.1, 0.15) is 43.5 Å². The highest BCUT2D eigenvalue weighted by Gasteiger charge is 2.51. The lowest BCUT2D eigenvalue weighted by Gasteiger charge is -2.39. The van der Waals surface area contributed by atoms with E-state index in [2.05, 4.69) is 16.0 Å². The Hall–Kier alpha value is -1.95. The van der Waals surface area contributed by atoms with Crippen LogP contribution in [-0.2, 0) is 16.1 Å². The highest BCUT2D eigenvalue weighted by molar-refractivity contribution is 5.87. The van der Waals surface area contributed by atoms with Gasteiger partial charge in [-0.2, -0.15) is 0 Å². The lowest BCUT2D eigenvalue weighted by atomic mass is 9.76. The summed E-state index contributed by atoms with van der Waals surface area (Å²) < 4.78 is 0. The molecule has 1 aliphatic carbocycles. The van der Waals surface area contributed by atoms with Crippen molar-refractivity contribution >= 4 is 11.9 Å². The number of aromatic nitrogens is 1. The number of hydrogen-bond acceptors (Lipinski definition) is 4. The van der Waals surface area contributed by atoms with Crippen molar-refractivity contribution in [3.8, 4) is 0 Å². The maximum atomic E-state index is 12.5. The molecule has 1 atom stereocenters. The van der Waals surface area contributed by atoms with E-state index in [1.807, 2.05) is 19.1 Å². The van der Waals surface area contributed by atoms with E-state index in [0.29, 0.717) is 13.0 Å². The lowest BCUT2D eigenvalue weighted by Crippen LogP contribution is -2.43. The number of piperidine rings is 1. The molecule has 26 heavy (non-hydrogen) atoms. The molecule has 1 N–H and O–H groups in total. The largest absolute Gasteiger partial charge is 0.480 e. The van der Waals surface area contributed by atoms with Crippen LogP contribution in [0.15, 0.2) is 18.2 Å². The third-order valence-electron chi connectivity index (χ3n) is 6.25. The van der Waals surface area contributed by atoms with E-state index in [-0.39, 0.29) is 17.2 Å². The first-order valence-electron chi connectivity index (χ1n) is 9.64. The van der Waals surface area contributed by atoms with Crippen LogP contribution in [0.2, 0.25) is 0 Å². The quantitative estimate of drug-likeness (QED) is 0.893. The second-order valence-corrected chi connectivity index (χ2v) is 8.35. The smallest absolute Gasteiger partial charge is 0.326 e. The van der Waals surface area contributed by atoms with Crippen LogP contribution in [0, 0.1) is 18.3 Å². The number of carboxylic acid groups (broad SMARTS) is 1. The SMILES string of the molecule is Cc1cccc(CN2CCC3(CC2)C[C@@H](C(=O)O)N(C(=O)C2CC2)C3)n1. The average Bonchev–Trinajstić information content (AvgIpc) is 3.39. The normalized spacial score (nSPS) is 25.6. The van der Waals surface area contributed by atoms with Crippen molar-refractivity contribution < 1.29 is 14.7 Å². The Bertz CT molecular complexity index is 708. The van der Waals surface area contributed by atoms with E-state index in [4.69, 9.17) is 0 Å². The zero-order chi connectivity index (χ0) is 18.3. The van der Waals surface area contributed by atoms with Crippen LogP contribution in [0.4, 0.5) is 0 Å². The molecule has 3 heterocycles. The molecule has 0 aromatic carbocycles. The van der Waals surface area contributed by atoms with Gasteiger partial charge in [-0.1, -0.05) is 6.07 Å². The summed E-state index contributed by atoms with van der Waals surface area (Å²) >= 11 is 0. The zero-order valence-electron chi connectivity index (χ0n) is 15.4. The molecule has 1 spiro atoms. The lowest BCUT2D eigenvalue weighted by molar-refractivity contribution is -0.148. The third-order valence-corrected chi connectivity index (χ3v) is 6.25. The van der Waals surface area contributed by atoms with Gasteiger partial charge in [-0.3, -0.25) is 14.7 Å². The van der Waals surface area contributed by atoms with Crippen LogP contribution < -0.4 is 0 Å². The summed E-state index contributed by atoms with van der Waals surface area (Å²) in [4.78, 5) is 32.9. The Morgan fingerprint density at radius 2 is 2.00 bits per heavy atom. The fourth-order valence-electron chi connectivity index (χ4n) is 4.54. The van der Waals surface area contributed by atoms with Gasteiger partial charge in [0.2, 0.25) is 5.91 Å². The molecular formula is C20H27N3O3. The van der Waals surface area contributed by atoms with Crippen molar-refractivity contribution in [2.75, 3.05) is 19.6 Å². The number of amides is 1. The van der Waals surface area contributed by atoms with Gasteiger partial charge in [0.15, 0.2) is 0 Å². The van der Waals surface area contributed by atoms with E-state index in [9.17, 15) is 14.7 Å². The van der Waals surface area contributed by atoms with Crippen molar-refractivity contribution in [2.45, 2.75) is 51.6 Å². The maximum absolute atomic E-state index is 12.5. The number of aryl methyl sites for hydroxylation is 1. The summed E-state index contributed by atoms with van der Waals surface area (Å²) in [6, 6.07) is 5.47. The molecule has 6 heteroatoms. The first-order chi connectivity index (χ1) is 12.5. The molecule has 2 aliphatic heterocycles. The Kier molecular flexibility index (Phi) is 4.47. The Morgan fingerprint density at radius 3 is 2.62 bits per heavy atom. The van der Waals surface area contributed by atoms with Gasteiger partial charge in [0.1, 0.15) is 6.04 Å². The van der Waals surface area contributed by atoms with Gasteiger partial charge in [-0.25, -0.2) is 4.79 Å². The van der Waals surface area contributed by atoms with Crippen LogP contribution in [0.25, 0.3) is 0 Å². The number of carbonyl (C=O) groups excluding carboxylic acids is 1. The molecule has 1 aromatic rings. The molecule has 0 bridgehead atoms. The minimum atomic E-state index is -0.845. The van der Waals surface area contributed by atoms with E-state index < -0.39 is 12.0 Å². The van der Waals surface area contributed by atoms with Crippen LogP contribution >= 0.6 is 0 Å².